The second kappa shape index (κ2) is 6.33. The molecule has 0 aliphatic rings. The van der Waals surface area contributed by atoms with Crippen LogP contribution in [0.1, 0.15) is 22.7 Å². The van der Waals surface area contributed by atoms with Crippen LogP contribution in [0.25, 0.3) is 0 Å². The topological polar surface area (TPSA) is 12.0 Å². The predicted octanol–water partition coefficient (Wildman–Crippen LogP) is 4.43. The Hall–Kier alpha value is -1.45. The van der Waals surface area contributed by atoms with Gasteiger partial charge in [0.25, 0.3) is 0 Å². The van der Waals surface area contributed by atoms with E-state index in [4.69, 9.17) is 11.6 Å². The Labute approximate surface area is 122 Å². The lowest BCUT2D eigenvalue weighted by atomic mass is 9.95. The first-order valence-electron chi connectivity index (χ1n) is 6.38. The first-order chi connectivity index (χ1) is 9.49. The summed E-state index contributed by atoms with van der Waals surface area (Å²) in [6.07, 6.45) is 0.508. The Bertz CT molecular complexity index is 593. The lowest BCUT2D eigenvalue weighted by Gasteiger charge is -2.19. The van der Waals surface area contributed by atoms with E-state index in [1.54, 1.807) is 0 Å². The Morgan fingerprint density at radius 2 is 1.75 bits per heavy atom. The summed E-state index contributed by atoms with van der Waals surface area (Å²) in [5.74, 6) is -1.11. The highest BCUT2D eigenvalue weighted by molar-refractivity contribution is 6.30. The molecule has 0 aliphatic carbocycles. The fourth-order valence-corrected chi connectivity index (χ4v) is 2.59. The van der Waals surface area contributed by atoms with Crippen LogP contribution in [-0.4, -0.2) is 7.05 Å². The van der Waals surface area contributed by atoms with Crippen molar-refractivity contribution in [3.63, 3.8) is 0 Å². The van der Waals surface area contributed by atoms with Gasteiger partial charge in [0.15, 0.2) is 0 Å². The van der Waals surface area contributed by atoms with Crippen LogP contribution in [0.5, 0.6) is 0 Å². The molecule has 4 heteroatoms. The number of hydrogen-bond donors (Lipinski definition) is 1. The number of likely N-dealkylation sites (N-methyl/N-ethyl adjacent to an activating group) is 1. The zero-order valence-corrected chi connectivity index (χ0v) is 12.1. The molecule has 20 heavy (non-hydrogen) atoms. The third-order valence-electron chi connectivity index (χ3n) is 3.32. The van der Waals surface area contributed by atoms with Crippen LogP contribution in [0.2, 0.25) is 5.02 Å². The summed E-state index contributed by atoms with van der Waals surface area (Å²) in [7, 11) is 1.83. The van der Waals surface area contributed by atoms with E-state index in [1.807, 2.05) is 32.2 Å². The summed E-state index contributed by atoms with van der Waals surface area (Å²) in [6.45, 7) is 1.97. The molecule has 1 N–H and O–H groups in total. The second-order valence-electron chi connectivity index (χ2n) is 4.82. The minimum Gasteiger partial charge on any atom is -0.313 e. The van der Waals surface area contributed by atoms with Gasteiger partial charge in [-0.3, -0.25) is 0 Å². The first-order valence-corrected chi connectivity index (χ1v) is 6.75. The van der Waals surface area contributed by atoms with E-state index in [0.717, 1.165) is 17.2 Å². The molecular weight excluding hydrogens is 280 g/mol. The van der Waals surface area contributed by atoms with Crippen LogP contribution < -0.4 is 5.32 Å². The third-order valence-corrected chi connectivity index (χ3v) is 3.55. The number of nitrogens with one attached hydrogen (secondary N) is 1. The number of benzene rings is 2. The van der Waals surface area contributed by atoms with Gasteiger partial charge >= 0.3 is 0 Å². The van der Waals surface area contributed by atoms with Crippen molar-refractivity contribution in [2.75, 3.05) is 7.05 Å². The molecule has 0 aliphatic heterocycles. The van der Waals surface area contributed by atoms with E-state index >= 15 is 0 Å². The van der Waals surface area contributed by atoms with Gasteiger partial charge in [0.05, 0.1) is 0 Å². The minimum absolute atomic E-state index is 0.0199. The molecule has 0 saturated heterocycles. The molecule has 0 aromatic heterocycles. The molecule has 2 aromatic carbocycles. The molecule has 0 heterocycles. The van der Waals surface area contributed by atoms with E-state index in [2.05, 4.69) is 5.32 Å². The molecular formula is C16H16ClF2N. The van der Waals surface area contributed by atoms with Gasteiger partial charge in [-0.2, -0.15) is 0 Å². The molecule has 0 saturated carbocycles. The number of aryl methyl sites for hydroxylation is 1. The number of rotatable bonds is 4. The average molecular weight is 296 g/mol. The van der Waals surface area contributed by atoms with Crippen molar-refractivity contribution in [2.45, 2.75) is 19.4 Å². The normalized spacial score (nSPS) is 12.4. The predicted molar refractivity (Wildman–Crippen MR) is 78.1 cm³/mol. The molecule has 106 valence electrons. The molecule has 2 aromatic rings. The Balaban J connectivity index is 2.28. The molecule has 0 amide bonds. The summed E-state index contributed by atoms with van der Waals surface area (Å²) >= 11 is 5.95. The van der Waals surface area contributed by atoms with E-state index in [0.29, 0.717) is 17.0 Å². The van der Waals surface area contributed by atoms with E-state index in [1.165, 1.54) is 12.1 Å². The van der Waals surface area contributed by atoms with Crippen LogP contribution in [0.3, 0.4) is 0 Å². The standard InChI is InChI=1S/C16H16ClF2N/c1-10-5-12(17)3-4-15(10)16(20-2)8-11-6-13(18)9-14(19)7-11/h3-7,9,16,20H,8H2,1-2H3. The molecule has 2 rings (SSSR count). The van der Waals surface area contributed by atoms with Gasteiger partial charge in [0, 0.05) is 17.1 Å². The van der Waals surface area contributed by atoms with Crippen molar-refractivity contribution in [1.29, 1.82) is 0 Å². The van der Waals surface area contributed by atoms with E-state index in [9.17, 15) is 8.78 Å². The smallest absolute Gasteiger partial charge is 0.126 e. The highest BCUT2D eigenvalue weighted by Crippen LogP contribution is 2.24. The van der Waals surface area contributed by atoms with Crippen molar-refractivity contribution in [1.82, 2.24) is 5.32 Å². The third kappa shape index (κ3) is 3.56. The SMILES string of the molecule is CNC(Cc1cc(F)cc(F)c1)c1ccc(Cl)cc1C. The fourth-order valence-electron chi connectivity index (χ4n) is 2.36. The summed E-state index contributed by atoms with van der Waals surface area (Å²) in [4.78, 5) is 0. The molecule has 0 radical (unpaired) electrons. The Morgan fingerprint density at radius 1 is 1.10 bits per heavy atom. The van der Waals surface area contributed by atoms with Crippen molar-refractivity contribution < 1.29 is 8.78 Å². The van der Waals surface area contributed by atoms with Crippen molar-refractivity contribution in [2.24, 2.45) is 0 Å². The van der Waals surface area contributed by atoms with Gasteiger partial charge < -0.3 is 5.32 Å². The van der Waals surface area contributed by atoms with Crippen molar-refractivity contribution >= 4 is 11.6 Å². The Kier molecular flexibility index (Phi) is 4.73. The minimum atomic E-state index is -0.553. The fraction of sp³-hybridized carbons (Fsp3) is 0.250. The number of hydrogen-bond acceptors (Lipinski definition) is 1. The lowest BCUT2D eigenvalue weighted by molar-refractivity contribution is 0.561. The monoisotopic (exact) mass is 295 g/mol. The maximum absolute atomic E-state index is 13.2. The molecule has 0 spiro atoms. The summed E-state index contributed by atoms with van der Waals surface area (Å²) in [6, 6.07) is 9.22. The second-order valence-corrected chi connectivity index (χ2v) is 5.26. The molecule has 1 unspecified atom stereocenters. The molecule has 0 fully saturated rings. The quantitative estimate of drug-likeness (QED) is 0.880. The van der Waals surface area contributed by atoms with Gasteiger partial charge in [-0.1, -0.05) is 17.7 Å². The lowest BCUT2D eigenvalue weighted by Crippen LogP contribution is -2.20. The molecule has 1 atom stereocenters. The van der Waals surface area contributed by atoms with Gasteiger partial charge in [-0.25, -0.2) is 8.78 Å². The van der Waals surface area contributed by atoms with Gasteiger partial charge in [0.1, 0.15) is 11.6 Å². The van der Waals surface area contributed by atoms with Gasteiger partial charge in [-0.05, 0) is 61.3 Å². The maximum atomic E-state index is 13.2. The zero-order chi connectivity index (χ0) is 14.7. The summed E-state index contributed by atoms with van der Waals surface area (Å²) < 4.78 is 26.5. The molecule has 1 nitrogen and oxygen atoms in total. The van der Waals surface area contributed by atoms with Crippen molar-refractivity contribution in [3.8, 4) is 0 Å². The van der Waals surface area contributed by atoms with E-state index in [-0.39, 0.29) is 6.04 Å². The summed E-state index contributed by atoms with van der Waals surface area (Å²) in [5, 5.41) is 3.86. The maximum Gasteiger partial charge on any atom is 0.126 e. The van der Waals surface area contributed by atoms with Crippen LogP contribution in [0.4, 0.5) is 8.78 Å². The Morgan fingerprint density at radius 3 is 2.30 bits per heavy atom. The largest absolute Gasteiger partial charge is 0.313 e. The van der Waals surface area contributed by atoms with Gasteiger partial charge in [-0.15, -0.1) is 0 Å². The summed E-state index contributed by atoms with van der Waals surface area (Å²) in [5.41, 5.74) is 2.74. The average Bonchev–Trinajstić information content (AvgIpc) is 2.35. The van der Waals surface area contributed by atoms with E-state index < -0.39 is 11.6 Å². The van der Waals surface area contributed by atoms with Crippen molar-refractivity contribution in [3.05, 3.63) is 69.7 Å². The molecule has 0 bridgehead atoms. The van der Waals surface area contributed by atoms with Crippen LogP contribution in [0, 0.1) is 18.6 Å². The highest BCUT2D eigenvalue weighted by atomic mass is 35.5. The van der Waals surface area contributed by atoms with Crippen LogP contribution in [-0.2, 0) is 6.42 Å². The van der Waals surface area contributed by atoms with Gasteiger partial charge in [0.2, 0.25) is 0 Å². The van der Waals surface area contributed by atoms with Crippen LogP contribution in [0.15, 0.2) is 36.4 Å². The van der Waals surface area contributed by atoms with Crippen LogP contribution >= 0.6 is 11.6 Å². The first kappa shape index (κ1) is 14.9. The number of halogens is 3. The highest BCUT2D eigenvalue weighted by Gasteiger charge is 2.14. The zero-order valence-electron chi connectivity index (χ0n) is 11.4.